The first-order valence-electron chi connectivity index (χ1n) is 6.53. The summed E-state index contributed by atoms with van der Waals surface area (Å²) in [7, 11) is 0. The van der Waals surface area contributed by atoms with Crippen LogP contribution in [-0.4, -0.2) is 22.3 Å². The van der Waals surface area contributed by atoms with Crippen molar-refractivity contribution in [3.63, 3.8) is 0 Å². The van der Waals surface area contributed by atoms with Crippen molar-refractivity contribution in [3.05, 3.63) is 10.0 Å². The number of nitrogens with zero attached hydrogens (tertiary/aromatic N) is 2. The molecule has 2 rings (SSSR count). The second-order valence-corrected chi connectivity index (χ2v) is 7.23. The predicted octanol–water partition coefficient (Wildman–Crippen LogP) is 2.98. The molecule has 1 fully saturated rings. The van der Waals surface area contributed by atoms with Crippen LogP contribution in [0.3, 0.4) is 0 Å². The van der Waals surface area contributed by atoms with E-state index in [9.17, 15) is 0 Å². The maximum Gasteiger partial charge on any atom is 0.120 e. The Morgan fingerprint density at radius 2 is 2.06 bits per heavy atom. The SMILES string of the molecule is CC1CC1c1nnc(CCCNC(C)(C)C)s1. The molecule has 1 aromatic rings. The molecular formula is C13H23N3S. The summed E-state index contributed by atoms with van der Waals surface area (Å²) in [5.41, 5.74) is 0.218. The highest BCUT2D eigenvalue weighted by molar-refractivity contribution is 7.11. The molecule has 1 aliphatic carbocycles. The number of nitrogens with one attached hydrogen (secondary N) is 1. The second kappa shape index (κ2) is 5.02. The van der Waals surface area contributed by atoms with Gasteiger partial charge in [-0.25, -0.2) is 0 Å². The van der Waals surface area contributed by atoms with Gasteiger partial charge in [0.15, 0.2) is 0 Å². The molecule has 0 radical (unpaired) electrons. The molecule has 0 aromatic carbocycles. The standard InChI is InChI=1S/C13H23N3S/c1-9-8-10(9)12-16-15-11(17-12)6-5-7-14-13(2,3)4/h9-10,14H,5-8H2,1-4H3. The minimum atomic E-state index is 0.218. The minimum Gasteiger partial charge on any atom is -0.312 e. The summed E-state index contributed by atoms with van der Waals surface area (Å²) < 4.78 is 0. The number of aromatic nitrogens is 2. The summed E-state index contributed by atoms with van der Waals surface area (Å²) >= 11 is 1.82. The summed E-state index contributed by atoms with van der Waals surface area (Å²) in [5.74, 6) is 1.55. The molecule has 0 amide bonds. The Hall–Kier alpha value is -0.480. The highest BCUT2D eigenvalue weighted by atomic mass is 32.1. The lowest BCUT2D eigenvalue weighted by Crippen LogP contribution is -2.36. The minimum absolute atomic E-state index is 0.218. The van der Waals surface area contributed by atoms with Crippen LogP contribution in [-0.2, 0) is 6.42 Å². The summed E-state index contributed by atoms with van der Waals surface area (Å²) in [6.07, 6.45) is 3.51. The third-order valence-electron chi connectivity index (χ3n) is 3.13. The van der Waals surface area contributed by atoms with E-state index in [1.54, 1.807) is 0 Å². The first-order chi connectivity index (χ1) is 7.96. The molecule has 0 saturated heterocycles. The zero-order valence-corrected chi connectivity index (χ0v) is 12.1. The molecule has 2 atom stereocenters. The van der Waals surface area contributed by atoms with E-state index in [2.05, 4.69) is 43.2 Å². The van der Waals surface area contributed by atoms with Crippen molar-refractivity contribution in [2.45, 2.75) is 58.4 Å². The molecular weight excluding hydrogens is 230 g/mol. The molecule has 1 aromatic heterocycles. The Morgan fingerprint density at radius 3 is 2.65 bits per heavy atom. The van der Waals surface area contributed by atoms with Crippen molar-refractivity contribution in [1.82, 2.24) is 15.5 Å². The number of rotatable bonds is 5. The van der Waals surface area contributed by atoms with Gasteiger partial charge in [-0.2, -0.15) is 0 Å². The van der Waals surface area contributed by atoms with Gasteiger partial charge in [0.2, 0.25) is 0 Å². The van der Waals surface area contributed by atoms with E-state index >= 15 is 0 Å². The predicted molar refractivity (Wildman–Crippen MR) is 72.5 cm³/mol. The first kappa shape index (κ1) is 13.0. The zero-order valence-electron chi connectivity index (χ0n) is 11.3. The lowest BCUT2D eigenvalue weighted by atomic mass is 10.1. The van der Waals surface area contributed by atoms with Crippen LogP contribution in [0.15, 0.2) is 0 Å². The maximum atomic E-state index is 4.30. The molecule has 1 N–H and O–H groups in total. The number of hydrogen-bond acceptors (Lipinski definition) is 4. The summed E-state index contributed by atoms with van der Waals surface area (Å²) in [5, 5.41) is 14.6. The van der Waals surface area contributed by atoms with E-state index in [1.807, 2.05) is 11.3 Å². The Labute approximate surface area is 108 Å². The van der Waals surface area contributed by atoms with Crippen molar-refractivity contribution in [2.24, 2.45) is 5.92 Å². The third-order valence-corrected chi connectivity index (χ3v) is 4.25. The van der Waals surface area contributed by atoms with Crippen LogP contribution in [0.1, 0.15) is 56.5 Å². The van der Waals surface area contributed by atoms with E-state index in [1.165, 1.54) is 16.4 Å². The number of hydrogen-bond donors (Lipinski definition) is 1. The van der Waals surface area contributed by atoms with E-state index in [-0.39, 0.29) is 5.54 Å². The second-order valence-electron chi connectivity index (χ2n) is 6.13. The van der Waals surface area contributed by atoms with Gasteiger partial charge >= 0.3 is 0 Å². The fourth-order valence-electron chi connectivity index (χ4n) is 1.89. The van der Waals surface area contributed by atoms with Crippen LogP contribution >= 0.6 is 11.3 Å². The first-order valence-corrected chi connectivity index (χ1v) is 7.34. The lowest BCUT2D eigenvalue weighted by molar-refractivity contribution is 0.422. The zero-order chi connectivity index (χ0) is 12.5. The van der Waals surface area contributed by atoms with E-state index in [4.69, 9.17) is 0 Å². The Balaban J connectivity index is 1.71. The van der Waals surface area contributed by atoms with Gasteiger partial charge in [0, 0.05) is 17.9 Å². The monoisotopic (exact) mass is 253 g/mol. The fraction of sp³-hybridized carbons (Fsp3) is 0.846. The third kappa shape index (κ3) is 4.03. The van der Waals surface area contributed by atoms with Gasteiger partial charge in [-0.3, -0.25) is 0 Å². The molecule has 3 nitrogen and oxygen atoms in total. The highest BCUT2D eigenvalue weighted by Gasteiger charge is 2.36. The van der Waals surface area contributed by atoms with Crippen molar-refractivity contribution in [2.75, 3.05) is 6.54 Å². The average molecular weight is 253 g/mol. The van der Waals surface area contributed by atoms with Gasteiger partial charge in [0.1, 0.15) is 10.0 Å². The normalized spacial score (nSPS) is 24.0. The van der Waals surface area contributed by atoms with Gasteiger partial charge in [-0.1, -0.05) is 6.92 Å². The highest BCUT2D eigenvalue weighted by Crippen LogP contribution is 2.47. The molecule has 0 spiro atoms. The summed E-state index contributed by atoms with van der Waals surface area (Å²) in [6, 6.07) is 0. The smallest absolute Gasteiger partial charge is 0.120 e. The lowest BCUT2D eigenvalue weighted by Gasteiger charge is -2.20. The molecule has 1 aliphatic rings. The average Bonchev–Trinajstić information content (AvgIpc) is 2.77. The van der Waals surface area contributed by atoms with Gasteiger partial charge in [0.05, 0.1) is 0 Å². The molecule has 17 heavy (non-hydrogen) atoms. The van der Waals surface area contributed by atoms with E-state index < -0.39 is 0 Å². The Kier molecular flexibility index (Phi) is 3.83. The van der Waals surface area contributed by atoms with Crippen molar-refractivity contribution in [1.29, 1.82) is 0 Å². The quantitative estimate of drug-likeness (QED) is 0.820. The van der Waals surface area contributed by atoms with Crippen LogP contribution in [0.25, 0.3) is 0 Å². The van der Waals surface area contributed by atoms with E-state index in [0.29, 0.717) is 5.92 Å². The van der Waals surface area contributed by atoms with Crippen LogP contribution in [0.5, 0.6) is 0 Å². The van der Waals surface area contributed by atoms with Gasteiger partial charge in [-0.15, -0.1) is 21.5 Å². The summed E-state index contributed by atoms with van der Waals surface area (Å²) in [4.78, 5) is 0. The molecule has 4 heteroatoms. The molecule has 2 unspecified atom stereocenters. The number of aryl methyl sites for hydroxylation is 1. The van der Waals surface area contributed by atoms with Crippen LogP contribution in [0, 0.1) is 5.92 Å². The largest absolute Gasteiger partial charge is 0.312 e. The van der Waals surface area contributed by atoms with Crippen molar-refractivity contribution >= 4 is 11.3 Å². The summed E-state index contributed by atoms with van der Waals surface area (Å²) in [6.45, 7) is 9.94. The van der Waals surface area contributed by atoms with Crippen LogP contribution in [0.4, 0.5) is 0 Å². The maximum absolute atomic E-state index is 4.30. The molecule has 0 bridgehead atoms. The molecule has 1 heterocycles. The fourth-order valence-corrected chi connectivity index (χ4v) is 3.02. The van der Waals surface area contributed by atoms with Crippen LogP contribution < -0.4 is 5.32 Å². The van der Waals surface area contributed by atoms with Gasteiger partial charge in [-0.05, 0) is 46.1 Å². The topological polar surface area (TPSA) is 37.8 Å². The van der Waals surface area contributed by atoms with E-state index in [0.717, 1.165) is 25.3 Å². The van der Waals surface area contributed by atoms with Crippen LogP contribution in [0.2, 0.25) is 0 Å². The van der Waals surface area contributed by atoms with Crippen molar-refractivity contribution < 1.29 is 0 Å². The van der Waals surface area contributed by atoms with Gasteiger partial charge in [0.25, 0.3) is 0 Å². The van der Waals surface area contributed by atoms with Gasteiger partial charge < -0.3 is 5.32 Å². The molecule has 0 aliphatic heterocycles. The molecule has 96 valence electrons. The Morgan fingerprint density at radius 1 is 1.35 bits per heavy atom. The molecule has 1 saturated carbocycles. The Bertz CT molecular complexity index is 367. The van der Waals surface area contributed by atoms with Crippen molar-refractivity contribution in [3.8, 4) is 0 Å².